The van der Waals surface area contributed by atoms with Gasteiger partial charge in [-0.05, 0) is 68.3 Å². The first-order chi connectivity index (χ1) is 11.2. The first-order valence-corrected chi connectivity index (χ1v) is 9.46. The van der Waals surface area contributed by atoms with Gasteiger partial charge in [0.2, 0.25) is 5.91 Å². The highest BCUT2D eigenvalue weighted by atomic mass is 16.2. The molecule has 0 aromatic carbocycles. The highest BCUT2D eigenvalue weighted by Crippen LogP contribution is 2.50. The van der Waals surface area contributed by atoms with Crippen LogP contribution in [0.3, 0.4) is 0 Å². The van der Waals surface area contributed by atoms with E-state index in [1.807, 2.05) is 24.1 Å². The average molecular weight is 315 g/mol. The summed E-state index contributed by atoms with van der Waals surface area (Å²) >= 11 is 0. The molecule has 2 heterocycles. The van der Waals surface area contributed by atoms with E-state index in [0.29, 0.717) is 18.4 Å². The first-order valence-electron chi connectivity index (χ1n) is 9.46. The summed E-state index contributed by atoms with van der Waals surface area (Å²) in [5.41, 5.74) is 1.17. The van der Waals surface area contributed by atoms with Crippen LogP contribution in [0.25, 0.3) is 0 Å². The molecule has 3 fully saturated rings. The van der Waals surface area contributed by atoms with E-state index < -0.39 is 0 Å². The molecule has 2 saturated carbocycles. The molecule has 4 atom stereocenters. The fraction of sp³-hybridized carbons (Fsp3) is 0.789. The molecule has 1 saturated heterocycles. The van der Waals surface area contributed by atoms with Gasteiger partial charge in [-0.2, -0.15) is 5.10 Å². The van der Waals surface area contributed by atoms with Crippen molar-refractivity contribution < 1.29 is 4.79 Å². The summed E-state index contributed by atoms with van der Waals surface area (Å²) < 4.78 is 1.81. The number of hydrogen-bond donors (Lipinski definition) is 0. The number of carbonyl (C=O) groups is 1. The second kappa shape index (κ2) is 6.29. The van der Waals surface area contributed by atoms with Gasteiger partial charge in [0.05, 0.1) is 6.20 Å². The van der Waals surface area contributed by atoms with Crippen molar-refractivity contribution >= 4 is 5.91 Å². The monoisotopic (exact) mass is 315 g/mol. The highest BCUT2D eigenvalue weighted by molar-refractivity contribution is 5.77. The summed E-state index contributed by atoms with van der Waals surface area (Å²) in [5.74, 6) is 3.26. The molecular weight excluding hydrogens is 286 g/mol. The number of hydrogen-bond acceptors (Lipinski definition) is 2. The molecule has 4 heteroatoms. The number of nitrogens with zero attached hydrogens (tertiary/aromatic N) is 3. The molecule has 1 amide bonds. The molecule has 0 unspecified atom stereocenters. The third-order valence-electron chi connectivity index (χ3n) is 6.54. The number of carbonyl (C=O) groups excluding carboxylic acids is 1. The van der Waals surface area contributed by atoms with Gasteiger partial charge in [-0.15, -0.1) is 0 Å². The molecule has 1 aliphatic heterocycles. The van der Waals surface area contributed by atoms with E-state index in [1.165, 1.54) is 50.5 Å². The average Bonchev–Trinajstić information content (AvgIpc) is 3.29. The summed E-state index contributed by atoms with van der Waals surface area (Å²) in [7, 11) is 1.93. The van der Waals surface area contributed by atoms with Crippen LogP contribution in [0.2, 0.25) is 0 Å². The predicted molar refractivity (Wildman–Crippen MR) is 89.8 cm³/mol. The molecule has 1 aromatic heterocycles. The maximum absolute atomic E-state index is 12.7. The minimum absolute atomic E-state index is 0.361. The molecule has 1 aromatic rings. The molecule has 2 aliphatic carbocycles. The second-order valence-electron chi connectivity index (χ2n) is 8.08. The molecule has 2 bridgehead atoms. The third-order valence-corrected chi connectivity index (χ3v) is 6.54. The van der Waals surface area contributed by atoms with Gasteiger partial charge >= 0.3 is 0 Å². The topological polar surface area (TPSA) is 38.1 Å². The lowest BCUT2D eigenvalue weighted by molar-refractivity contribution is -0.132. The van der Waals surface area contributed by atoms with Crippen molar-refractivity contribution in [3.05, 3.63) is 18.0 Å². The van der Waals surface area contributed by atoms with Crippen LogP contribution in [-0.2, 0) is 18.3 Å². The SMILES string of the molecule is Cn1cc(CCC(=O)N2CCC[C@H]2C[C@@H]2C[C@H]3CC[C@H]2C3)cn1. The Balaban J connectivity index is 1.31. The first kappa shape index (κ1) is 15.2. The zero-order chi connectivity index (χ0) is 15.8. The van der Waals surface area contributed by atoms with Gasteiger partial charge in [0, 0.05) is 32.3 Å². The van der Waals surface area contributed by atoms with Crippen LogP contribution in [0.4, 0.5) is 0 Å². The molecule has 4 rings (SSSR count). The second-order valence-corrected chi connectivity index (χ2v) is 8.08. The normalized spacial score (nSPS) is 32.8. The molecule has 0 spiro atoms. The standard InChI is InChI=1S/C19H29N3O/c1-21-13-15(12-20-21)5-7-19(23)22-8-2-3-18(22)11-17-10-14-4-6-16(17)9-14/h12-14,16-18H,2-11H2,1H3/t14-,16-,17-,18-/m0/s1. The predicted octanol–water partition coefficient (Wildman–Crippen LogP) is 3.17. The van der Waals surface area contributed by atoms with E-state index in [-0.39, 0.29) is 0 Å². The summed E-state index contributed by atoms with van der Waals surface area (Å²) in [6.45, 7) is 0.983. The van der Waals surface area contributed by atoms with E-state index in [9.17, 15) is 4.79 Å². The lowest BCUT2D eigenvalue weighted by Gasteiger charge is -2.30. The molecule has 126 valence electrons. The van der Waals surface area contributed by atoms with Gasteiger partial charge in [-0.3, -0.25) is 9.48 Å². The van der Waals surface area contributed by atoms with Crippen molar-refractivity contribution in [2.24, 2.45) is 24.8 Å². The van der Waals surface area contributed by atoms with Crippen molar-refractivity contribution in [2.75, 3.05) is 6.54 Å². The maximum atomic E-state index is 12.7. The maximum Gasteiger partial charge on any atom is 0.223 e. The van der Waals surface area contributed by atoms with Gasteiger partial charge < -0.3 is 4.90 Å². The Morgan fingerprint density at radius 1 is 1.30 bits per heavy atom. The Morgan fingerprint density at radius 3 is 2.91 bits per heavy atom. The summed E-state index contributed by atoms with van der Waals surface area (Å²) in [4.78, 5) is 14.9. The number of amides is 1. The quantitative estimate of drug-likeness (QED) is 0.837. The van der Waals surface area contributed by atoms with E-state index in [1.54, 1.807) is 0 Å². The van der Waals surface area contributed by atoms with E-state index in [0.717, 1.165) is 30.7 Å². The largest absolute Gasteiger partial charge is 0.340 e. The minimum atomic E-state index is 0.361. The summed E-state index contributed by atoms with van der Waals surface area (Å²) in [5, 5.41) is 4.19. The number of rotatable bonds is 5. The zero-order valence-corrected chi connectivity index (χ0v) is 14.3. The van der Waals surface area contributed by atoms with Crippen LogP contribution in [0, 0.1) is 17.8 Å². The van der Waals surface area contributed by atoms with Gasteiger partial charge in [0.15, 0.2) is 0 Å². The van der Waals surface area contributed by atoms with Crippen molar-refractivity contribution in [3.63, 3.8) is 0 Å². The lowest BCUT2D eigenvalue weighted by Crippen LogP contribution is -2.37. The lowest BCUT2D eigenvalue weighted by atomic mass is 9.83. The Bertz CT molecular complexity index is 567. The van der Waals surface area contributed by atoms with Crippen LogP contribution >= 0.6 is 0 Å². The van der Waals surface area contributed by atoms with E-state index in [4.69, 9.17) is 0 Å². The minimum Gasteiger partial charge on any atom is -0.340 e. The molecule has 23 heavy (non-hydrogen) atoms. The van der Waals surface area contributed by atoms with Gasteiger partial charge in [-0.1, -0.05) is 6.42 Å². The Hall–Kier alpha value is -1.32. The van der Waals surface area contributed by atoms with Crippen LogP contribution in [0.15, 0.2) is 12.4 Å². The van der Waals surface area contributed by atoms with Crippen LogP contribution in [0.5, 0.6) is 0 Å². The molecular formula is C19H29N3O. The van der Waals surface area contributed by atoms with Crippen LogP contribution < -0.4 is 0 Å². The van der Waals surface area contributed by atoms with E-state index >= 15 is 0 Å². The van der Waals surface area contributed by atoms with Crippen molar-refractivity contribution in [1.82, 2.24) is 14.7 Å². The summed E-state index contributed by atoms with van der Waals surface area (Å²) in [6.07, 6.45) is 14.9. The molecule has 0 radical (unpaired) electrons. The Morgan fingerprint density at radius 2 is 2.22 bits per heavy atom. The fourth-order valence-electron chi connectivity index (χ4n) is 5.42. The Kier molecular flexibility index (Phi) is 4.16. The fourth-order valence-corrected chi connectivity index (χ4v) is 5.42. The van der Waals surface area contributed by atoms with Crippen LogP contribution in [-0.4, -0.2) is 33.2 Å². The van der Waals surface area contributed by atoms with Gasteiger partial charge in [0.25, 0.3) is 0 Å². The number of fused-ring (bicyclic) bond motifs is 2. The third kappa shape index (κ3) is 3.17. The number of aryl methyl sites for hydroxylation is 2. The van der Waals surface area contributed by atoms with Crippen molar-refractivity contribution in [3.8, 4) is 0 Å². The molecule has 3 aliphatic rings. The van der Waals surface area contributed by atoms with Crippen molar-refractivity contribution in [1.29, 1.82) is 0 Å². The molecule has 0 N–H and O–H groups in total. The highest BCUT2D eigenvalue weighted by Gasteiger charge is 2.41. The zero-order valence-electron chi connectivity index (χ0n) is 14.3. The smallest absolute Gasteiger partial charge is 0.223 e. The summed E-state index contributed by atoms with van der Waals surface area (Å²) in [6, 6.07) is 0.528. The number of likely N-dealkylation sites (tertiary alicyclic amines) is 1. The molecule has 4 nitrogen and oxygen atoms in total. The van der Waals surface area contributed by atoms with Crippen molar-refractivity contribution in [2.45, 2.75) is 63.8 Å². The number of aromatic nitrogens is 2. The van der Waals surface area contributed by atoms with Crippen LogP contribution in [0.1, 0.15) is 56.9 Å². The van der Waals surface area contributed by atoms with Gasteiger partial charge in [0.1, 0.15) is 0 Å². The van der Waals surface area contributed by atoms with E-state index in [2.05, 4.69) is 10.00 Å². The Labute approximate surface area is 139 Å². The van der Waals surface area contributed by atoms with Gasteiger partial charge in [-0.25, -0.2) is 0 Å².